The number of carbonyl (C=O) groups is 2. The normalized spacial score (nSPS) is 17.6. The smallest absolute Gasteiger partial charge is 0.412 e. The zero-order valence-electron chi connectivity index (χ0n) is 14.7. The summed E-state index contributed by atoms with van der Waals surface area (Å²) in [6, 6.07) is 5.21. The van der Waals surface area contributed by atoms with Crippen molar-refractivity contribution in [3.05, 3.63) is 18.2 Å². The fourth-order valence-corrected chi connectivity index (χ4v) is 2.38. The molecule has 0 spiro atoms. The van der Waals surface area contributed by atoms with Crippen LogP contribution in [0, 0.1) is 0 Å². The van der Waals surface area contributed by atoms with Gasteiger partial charge in [-0.1, -0.05) is 0 Å². The van der Waals surface area contributed by atoms with Crippen LogP contribution in [0.1, 0.15) is 34.6 Å². The maximum Gasteiger partial charge on any atom is 0.412 e. The molecule has 1 aliphatic heterocycles. The summed E-state index contributed by atoms with van der Waals surface area (Å²) in [4.78, 5) is 23.0. The molecule has 2 atom stereocenters. The summed E-state index contributed by atoms with van der Waals surface area (Å²) in [5, 5.41) is 8.78. The fraction of sp³-hybridized carbons (Fsp3) is 0.529. The highest BCUT2D eigenvalue weighted by atomic mass is 16.6. The lowest BCUT2D eigenvalue weighted by molar-refractivity contribution is -0.120. The number of anilines is 2. The zero-order valence-corrected chi connectivity index (χ0v) is 14.7. The molecule has 0 aliphatic carbocycles. The molecule has 1 aromatic rings. The van der Waals surface area contributed by atoms with Crippen LogP contribution in [0.2, 0.25) is 0 Å². The zero-order chi connectivity index (χ0) is 17.9. The van der Waals surface area contributed by atoms with Crippen molar-refractivity contribution in [2.45, 2.75) is 52.4 Å². The molecule has 0 fully saturated rings. The second kappa shape index (κ2) is 6.98. The number of hydrogen-bond donors (Lipinski definition) is 3. The van der Waals surface area contributed by atoms with Gasteiger partial charge in [-0.15, -0.1) is 0 Å². The summed E-state index contributed by atoms with van der Waals surface area (Å²) >= 11 is 0. The van der Waals surface area contributed by atoms with Crippen LogP contribution in [0.15, 0.2) is 18.2 Å². The number of nitrogens with one attached hydrogen (secondary N) is 3. The first-order valence-electron chi connectivity index (χ1n) is 7.96. The minimum Gasteiger partial charge on any atom is -0.484 e. The van der Waals surface area contributed by atoms with E-state index in [-0.39, 0.29) is 18.1 Å². The van der Waals surface area contributed by atoms with Gasteiger partial charge in [0.2, 0.25) is 5.91 Å². The Labute approximate surface area is 142 Å². The van der Waals surface area contributed by atoms with E-state index in [0.717, 1.165) is 5.69 Å². The van der Waals surface area contributed by atoms with Crippen molar-refractivity contribution in [2.75, 3.05) is 17.2 Å². The Morgan fingerprint density at radius 1 is 1.38 bits per heavy atom. The third-order valence-corrected chi connectivity index (χ3v) is 3.39. The number of amides is 2. The Morgan fingerprint density at radius 3 is 2.71 bits per heavy atom. The number of fused-ring (bicyclic) bond motifs is 1. The summed E-state index contributed by atoms with van der Waals surface area (Å²) < 4.78 is 11.1. The number of carbonyl (C=O) groups excluding carboxylic acids is 2. The van der Waals surface area contributed by atoms with E-state index in [1.165, 1.54) is 6.92 Å². The Morgan fingerprint density at radius 2 is 2.08 bits per heavy atom. The van der Waals surface area contributed by atoms with Gasteiger partial charge in [0.25, 0.3) is 0 Å². The monoisotopic (exact) mass is 335 g/mol. The van der Waals surface area contributed by atoms with Crippen molar-refractivity contribution in [2.24, 2.45) is 0 Å². The third kappa shape index (κ3) is 5.04. The van der Waals surface area contributed by atoms with E-state index in [4.69, 9.17) is 9.47 Å². The molecule has 7 nitrogen and oxygen atoms in total. The van der Waals surface area contributed by atoms with Crippen LogP contribution < -0.4 is 20.7 Å². The Bertz CT molecular complexity index is 625. The molecule has 0 radical (unpaired) electrons. The molecule has 2 amide bonds. The van der Waals surface area contributed by atoms with Crippen LogP contribution in [-0.2, 0) is 9.53 Å². The van der Waals surface area contributed by atoms with E-state index >= 15 is 0 Å². The fourth-order valence-electron chi connectivity index (χ4n) is 2.38. The number of hydrogen-bond acceptors (Lipinski definition) is 5. The van der Waals surface area contributed by atoms with Gasteiger partial charge in [0, 0.05) is 12.6 Å². The predicted molar refractivity (Wildman–Crippen MR) is 92.5 cm³/mol. The van der Waals surface area contributed by atoms with E-state index in [1.807, 2.05) is 27.7 Å². The molecule has 24 heavy (non-hydrogen) atoms. The van der Waals surface area contributed by atoms with Gasteiger partial charge in [-0.3, -0.25) is 10.1 Å². The summed E-state index contributed by atoms with van der Waals surface area (Å²) in [5.41, 5.74) is 0.856. The maximum atomic E-state index is 11.8. The molecule has 0 saturated carbocycles. The number of ether oxygens (including phenoxy) is 2. The predicted octanol–water partition coefficient (Wildman–Crippen LogP) is 2.73. The standard InChI is InChI=1S/C17H25N3O4/c1-10(19-11(2)21)15-9-18-13-8-12(6-7-14(13)23-15)20-16(22)24-17(3,4)5/h6-8,10,15,18H,9H2,1-5H3,(H,19,21)(H,20,22)/t10-,15?/m1/s1. The van der Waals surface area contributed by atoms with Crippen LogP contribution in [0.3, 0.4) is 0 Å². The molecule has 1 aromatic carbocycles. The molecule has 1 unspecified atom stereocenters. The molecule has 0 saturated heterocycles. The molecular weight excluding hydrogens is 310 g/mol. The van der Waals surface area contributed by atoms with Crippen molar-refractivity contribution >= 4 is 23.4 Å². The van der Waals surface area contributed by atoms with Gasteiger partial charge >= 0.3 is 6.09 Å². The third-order valence-electron chi connectivity index (χ3n) is 3.39. The van der Waals surface area contributed by atoms with Crippen LogP contribution in [0.5, 0.6) is 5.75 Å². The van der Waals surface area contributed by atoms with E-state index in [9.17, 15) is 9.59 Å². The van der Waals surface area contributed by atoms with Crippen molar-refractivity contribution < 1.29 is 19.1 Å². The molecule has 0 aromatic heterocycles. The lowest BCUT2D eigenvalue weighted by Gasteiger charge is -2.31. The largest absolute Gasteiger partial charge is 0.484 e. The minimum atomic E-state index is -0.549. The SMILES string of the molecule is CC(=O)N[C@H](C)C1CNc2cc(NC(=O)OC(C)(C)C)ccc2O1. The first-order valence-corrected chi connectivity index (χ1v) is 7.96. The van der Waals surface area contributed by atoms with Gasteiger partial charge in [0.15, 0.2) is 0 Å². The summed E-state index contributed by atoms with van der Waals surface area (Å²) in [6.07, 6.45) is -0.664. The summed E-state index contributed by atoms with van der Waals surface area (Å²) in [7, 11) is 0. The Kier molecular flexibility index (Phi) is 5.21. The van der Waals surface area contributed by atoms with Crippen molar-refractivity contribution in [3.63, 3.8) is 0 Å². The van der Waals surface area contributed by atoms with Crippen LogP contribution >= 0.6 is 0 Å². The highest BCUT2D eigenvalue weighted by Gasteiger charge is 2.25. The molecule has 1 heterocycles. The molecule has 0 bridgehead atoms. The topological polar surface area (TPSA) is 88.7 Å². The average molecular weight is 335 g/mol. The van der Waals surface area contributed by atoms with Crippen LogP contribution in [-0.4, -0.2) is 36.3 Å². The van der Waals surface area contributed by atoms with E-state index in [0.29, 0.717) is 18.0 Å². The highest BCUT2D eigenvalue weighted by molar-refractivity contribution is 5.86. The average Bonchev–Trinajstić information content (AvgIpc) is 2.43. The lowest BCUT2D eigenvalue weighted by atomic mass is 10.1. The molecular formula is C17H25N3O4. The lowest BCUT2D eigenvalue weighted by Crippen LogP contribution is -2.48. The van der Waals surface area contributed by atoms with E-state index in [1.54, 1.807) is 18.2 Å². The van der Waals surface area contributed by atoms with Gasteiger partial charge < -0.3 is 20.1 Å². The van der Waals surface area contributed by atoms with Gasteiger partial charge in [-0.25, -0.2) is 4.79 Å². The van der Waals surface area contributed by atoms with Crippen molar-refractivity contribution in [1.82, 2.24) is 5.32 Å². The molecule has 3 N–H and O–H groups in total. The molecule has 132 valence electrons. The van der Waals surface area contributed by atoms with E-state index in [2.05, 4.69) is 16.0 Å². The molecule has 7 heteroatoms. The van der Waals surface area contributed by atoms with Crippen molar-refractivity contribution in [3.8, 4) is 5.75 Å². The van der Waals surface area contributed by atoms with E-state index < -0.39 is 11.7 Å². The minimum absolute atomic E-state index is 0.0891. The first kappa shape index (κ1) is 17.9. The molecule has 1 aliphatic rings. The maximum absolute atomic E-state index is 11.8. The van der Waals surface area contributed by atoms with Crippen LogP contribution in [0.25, 0.3) is 0 Å². The molecule has 2 rings (SSSR count). The van der Waals surface area contributed by atoms with Gasteiger partial charge in [-0.2, -0.15) is 0 Å². The second-order valence-corrected chi connectivity index (χ2v) is 6.86. The highest BCUT2D eigenvalue weighted by Crippen LogP contribution is 2.32. The van der Waals surface area contributed by atoms with Crippen LogP contribution in [0.4, 0.5) is 16.2 Å². The summed E-state index contributed by atoms with van der Waals surface area (Å²) in [6.45, 7) is 9.37. The number of benzene rings is 1. The van der Waals surface area contributed by atoms with Gasteiger partial charge in [0.05, 0.1) is 18.3 Å². The quantitative estimate of drug-likeness (QED) is 0.790. The first-order chi connectivity index (χ1) is 11.1. The Balaban J connectivity index is 2.01. The summed E-state index contributed by atoms with van der Waals surface area (Å²) in [5.74, 6) is 0.590. The number of rotatable bonds is 3. The van der Waals surface area contributed by atoms with Gasteiger partial charge in [0.1, 0.15) is 17.5 Å². The van der Waals surface area contributed by atoms with Crippen molar-refractivity contribution in [1.29, 1.82) is 0 Å². The van der Waals surface area contributed by atoms with Gasteiger partial charge in [-0.05, 0) is 45.9 Å². The Hall–Kier alpha value is -2.44. The second-order valence-electron chi connectivity index (χ2n) is 6.86.